The summed E-state index contributed by atoms with van der Waals surface area (Å²) in [6.45, 7) is 3.13. The van der Waals surface area contributed by atoms with Crippen LogP contribution in [0, 0.1) is 0 Å². The van der Waals surface area contributed by atoms with E-state index in [9.17, 15) is 0 Å². The Balaban J connectivity index is 2.13. The highest BCUT2D eigenvalue weighted by molar-refractivity contribution is 9.09. The molecule has 0 bridgehead atoms. The standard InChI is InChI=1S/C14H16BrClN2/c1-2-10(15)5-7-17-13-6-8-18-14-9-11(16)3-4-12(13)14/h3-4,6,8-10H,2,5,7H2,1H3,(H,17,18). The number of hydrogen-bond acceptors (Lipinski definition) is 2. The molecule has 0 saturated carbocycles. The van der Waals surface area contributed by atoms with Crippen molar-refractivity contribution in [3.8, 4) is 0 Å². The zero-order chi connectivity index (χ0) is 13.0. The Kier molecular flexibility index (Phi) is 4.84. The maximum atomic E-state index is 5.97. The van der Waals surface area contributed by atoms with E-state index in [4.69, 9.17) is 11.6 Å². The SMILES string of the molecule is CCC(Br)CCNc1ccnc2cc(Cl)ccc12. The van der Waals surface area contributed by atoms with Gasteiger partial charge in [-0.3, -0.25) is 4.98 Å². The number of halogens is 2. The topological polar surface area (TPSA) is 24.9 Å². The van der Waals surface area contributed by atoms with Crippen molar-refractivity contribution in [1.29, 1.82) is 0 Å². The minimum atomic E-state index is 0.576. The Morgan fingerprint density at radius 2 is 2.22 bits per heavy atom. The fourth-order valence-electron chi connectivity index (χ4n) is 1.84. The number of nitrogens with zero attached hydrogens (tertiary/aromatic N) is 1. The van der Waals surface area contributed by atoms with Gasteiger partial charge in [0.05, 0.1) is 5.52 Å². The third-order valence-electron chi connectivity index (χ3n) is 2.92. The molecule has 4 heteroatoms. The van der Waals surface area contributed by atoms with Crippen molar-refractivity contribution in [2.24, 2.45) is 0 Å². The van der Waals surface area contributed by atoms with Gasteiger partial charge in [0.25, 0.3) is 0 Å². The monoisotopic (exact) mass is 326 g/mol. The van der Waals surface area contributed by atoms with Gasteiger partial charge in [-0.2, -0.15) is 0 Å². The van der Waals surface area contributed by atoms with Gasteiger partial charge in [0, 0.05) is 33.7 Å². The second-order valence-corrected chi connectivity index (χ2v) is 5.97. The first-order chi connectivity index (χ1) is 8.70. The van der Waals surface area contributed by atoms with E-state index in [1.165, 1.54) is 0 Å². The van der Waals surface area contributed by atoms with Gasteiger partial charge in [0.2, 0.25) is 0 Å². The number of alkyl halides is 1. The third-order valence-corrected chi connectivity index (χ3v) is 4.26. The molecule has 0 aliphatic heterocycles. The highest BCUT2D eigenvalue weighted by Gasteiger charge is 2.04. The van der Waals surface area contributed by atoms with Gasteiger partial charge in [-0.1, -0.05) is 34.5 Å². The van der Waals surface area contributed by atoms with Crippen LogP contribution in [0.1, 0.15) is 19.8 Å². The van der Waals surface area contributed by atoms with E-state index in [0.29, 0.717) is 4.83 Å². The minimum absolute atomic E-state index is 0.576. The molecule has 1 aromatic heterocycles. The van der Waals surface area contributed by atoms with Gasteiger partial charge in [0.1, 0.15) is 0 Å². The third kappa shape index (κ3) is 3.36. The van der Waals surface area contributed by atoms with Crippen LogP contribution in [-0.4, -0.2) is 16.4 Å². The van der Waals surface area contributed by atoms with Crippen LogP contribution < -0.4 is 5.32 Å². The molecule has 0 fully saturated rings. The van der Waals surface area contributed by atoms with Crippen LogP contribution in [0.4, 0.5) is 5.69 Å². The van der Waals surface area contributed by atoms with E-state index in [2.05, 4.69) is 33.2 Å². The summed E-state index contributed by atoms with van der Waals surface area (Å²) in [6.07, 6.45) is 4.06. The van der Waals surface area contributed by atoms with Gasteiger partial charge >= 0.3 is 0 Å². The number of aromatic nitrogens is 1. The number of nitrogens with one attached hydrogen (secondary N) is 1. The molecule has 96 valence electrons. The lowest BCUT2D eigenvalue weighted by Crippen LogP contribution is -2.08. The molecule has 2 nitrogen and oxygen atoms in total. The van der Waals surface area contributed by atoms with Crippen molar-refractivity contribution in [3.05, 3.63) is 35.5 Å². The molecule has 1 atom stereocenters. The van der Waals surface area contributed by atoms with E-state index >= 15 is 0 Å². The molecular formula is C14H16BrClN2. The highest BCUT2D eigenvalue weighted by atomic mass is 79.9. The molecule has 0 amide bonds. The molecule has 0 saturated heterocycles. The number of rotatable bonds is 5. The lowest BCUT2D eigenvalue weighted by molar-refractivity contribution is 0.775. The summed E-state index contributed by atoms with van der Waals surface area (Å²) in [6, 6.07) is 7.81. The van der Waals surface area contributed by atoms with Crippen LogP contribution in [0.15, 0.2) is 30.5 Å². The fraction of sp³-hybridized carbons (Fsp3) is 0.357. The van der Waals surface area contributed by atoms with Crippen LogP contribution in [0.5, 0.6) is 0 Å². The molecule has 1 aromatic carbocycles. The van der Waals surface area contributed by atoms with Crippen LogP contribution >= 0.6 is 27.5 Å². The molecule has 1 heterocycles. The Morgan fingerprint density at radius 3 is 3.00 bits per heavy atom. The zero-order valence-electron chi connectivity index (χ0n) is 10.3. The molecule has 1 N–H and O–H groups in total. The highest BCUT2D eigenvalue weighted by Crippen LogP contribution is 2.24. The quantitative estimate of drug-likeness (QED) is 0.793. The fourth-order valence-corrected chi connectivity index (χ4v) is 2.24. The average molecular weight is 328 g/mol. The normalized spacial score (nSPS) is 12.6. The lowest BCUT2D eigenvalue weighted by atomic mass is 10.2. The average Bonchev–Trinajstić information content (AvgIpc) is 2.38. The minimum Gasteiger partial charge on any atom is -0.384 e. The van der Waals surface area contributed by atoms with Gasteiger partial charge in [0.15, 0.2) is 0 Å². The molecule has 0 aliphatic carbocycles. The maximum Gasteiger partial charge on any atom is 0.0737 e. The number of benzene rings is 1. The van der Waals surface area contributed by atoms with Crippen molar-refractivity contribution in [2.45, 2.75) is 24.6 Å². The lowest BCUT2D eigenvalue weighted by Gasteiger charge is -2.11. The number of anilines is 1. The number of pyridine rings is 1. The Morgan fingerprint density at radius 1 is 1.39 bits per heavy atom. The summed E-state index contributed by atoms with van der Waals surface area (Å²) >= 11 is 9.61. The Labute approximate surface area is 121 Å². The van der Waals surface area contributed by atoms with Gasteiger partial charge in [-0.15, -0.1) is 0 Å². The zero-order valence-corrected chi connectivity index (χ0v) is 12.6. The largest absolute Gasteiger partial charge is 0.384 e. The van der Waals surface area contributed by atoms with Crippen molar-refractivity contribution in [2.75, 3.05) is 11.9 Å². The first-order valence-electron chi connectivity index (χ1n) is 6.13. The molecule has 0 radical (unpaired) electrons. The Hall–Kier alpha value is -0.800. The number of hydrogen-bond donors (Lipinski definition) is 1. The van der Waals surface area contributed by atoms with Crippen LogP contribution in [0.2, 0.25) is 5.02 Å². The molecule has 18 heavy (non-hydrogen) atoms. The van der Waals surface area contributed by atoms with Crippen molar-refractivity contribution < 1.29 is 0 Å². The summed E-state index contributed by atoms with van der Waals surface area (Å²) in [7, 11) is 0. The van der Waals surface area contributed by atoms with E-state index in [1.54, 1.807) is 0 Å². The van der Waals surface area contributed by atoms with Gasteiger partial charge < -0.3 is 5.32 Å². The van der Waals surface area contributed by atoms with Gasteiger partial charge in [-0.05, 0) is 37.1 Å². The smallest absolute Gasteiger partial charge is 0.0737 e. The summed E-state index contributed by atoms with van der Waals surface area (Å²) in [4.78, 5) is 4.90. The molecule has 2 aromatic rings. The van der Waals surface area contributed by atoms with Crippen molar-refractivity contribution in [1.82, 2.24) is 4.98 Å². The van der Waals surface area contributed by atoms with E-state index in [-0.39, 0.29) is 0 Å². The first-order valence-corrected chi connectivity index (χ1v) is 7.42. The van der Waals surface area contributed by atoms with Gasteiger partial charge in [-0.25, -0.2) is 0 Å². The van der Waals surface area contributed by atoms with E-state index in [1.807, 2.05) is 30.5 Å². The summed E-state index contributed by atoms with van der Waals surface area (Å²) < 4.78 is 0. The predicted octanol–water partition coefficient (Wildman–Crippen LogP) is 4.86. The summed E-state index contributed by atoms with van der Waals surface area (Å²) in [5.74, 6) is 0. The van der Waals surface area contributed by atoms with E-state index < -0.39 is 0 Å². The first kappa shape index (κ1) is 13.6. The molecule has 1 unspecified atom stereocenters. The molecule has 0 aliphatic rings. The summed E-state index contributed by atoms with van der Waals surface area (Å²) in [5.41, 5.74) is 2.05. The maximum absolute atomic E-state index is 5.97. The predicted molar refractivity (Wildman–Crippen MR) is 82.9 cm³/mol. The Bertz CT molecular complexity index is 530. The summed E-state index contributed by atoms with van der Waals surface area (Å²) in [5, 5.41) is 5.30. The van der Waals surface area contributed by atoms with Crippen molar-refractivity contribution in [3.63, 3.8) is 0 Å². The van der Waals surface area contributed by atoms with Crippen LogP contribution in [0.3, 0.4) is 0 Å². The molecule has 0 spiro atoms. The molecular weight excluding hydrogens is 312 g/mol. The molecule has 2 rings (SSSR count). The second kappa shape index (κ2) is 6.39. The van der Waals surface area contributed by atoms with Crippen LogP contribution in [0.25, 0.3) is 10.9 Å². The van der Waals surface area contributed by atoms with Crippen molar-refractivity contribution >= 4 is 44.1 Å². The number of fused-ring (bicyclic) bond motifs is 1. The van der Waals surface area contributed by atoms with E-state index in [0.717, 1.165) is 41.0 Å². The second-order valence-electron chi connectivity index (χ2n) is 4.24. The van der Waals surface area contributed by atoms with Crippen LogP contribution in [-0.2, 0) is 0 Å².